The van der Waals surface area contributed by atoms with E-state index in [1.807, 2.05) is 72.8 Å². The number of nitrogens with zero attached hydrogens (tertiary/aromatic N) is 3. The molecule has 1 N–H and O–H groups in total. The lowest BCUT2D eigenvalue weighted by Gasteiger charge is -2.10. The van der Waals surface area contributed by atoms with E-state index in [1.54, 1.807) is 6.21 Å². The molecular weight excluding hydrogens is 621 g/mol. The average molecular weight is 653 g/mol. The molecule has 51 heavy (non-hydrogen) atoms. The van der Waals surface area contributed by atoms with Crippen LogP contribution in [0.15, 0.2) is 192 Å². The summed E-state index contributed by atoms with van der Waals surface area (Å²) in [6.45, 7) is 0. The maximum absolute atomic E-state index is 8.67. The molecule has 0 spiro atoms. The van der Waals surface area contributed by atoms with E-state index < -0.39 is 0 Å². The van der Waals surface area contributed by atoms with Crippen molar-refractivity contribution in [3.05, 3.63) is 199 Å². The van der Waals surface area contributed by atoms with E-state index in [9.17, 15) is 0 Å². The van der Waals surface area contributed by atoms with Crippen LogP contribution in [0.1, 0.15) is 16.7 Å². The van der Waals surface area contributed by atoms with Crippen molar-refractivity contribution in [2.24, 2.45) is 9.98 Å². The van der Waals surface area contributed by atoms with Crippen molar-refractivity contribution in [3.8, 4) is 16.8 Å². The second kappa shape index (κ2) is 12.8. The minimum atomic E-state index is 0.168. The first kappa shape index (κ1) is 30.2. The molecule has 1 aromatic heterocycles. The molecule has 0 aliphatic carbocycles. The fraction of sp³-hybridized carbons (Fsp3) is 0. The van der Waals surface area contributed by atoms with E-state index in [-0.39, 0.29) is 5.84 Å². The Morgan fingerprint density at radius 1 is 0.471 bits per heavy atom. The topological polar surface area (TPSA) is 53.5 Å². The molecule has 1 heterocycles. The van der Waals surface area contributed by atoms with Crippen molar-refractivity contribution < 1.29 is 0 Å². The molecule has 0 saturated carbocycles. The zero-order valence-corrected chi connectivity index (χ0v) is 27.7. The van der Waals surface area contributed by atoms with Crippen LogP contribution in [0.5, 0.6) is 0 Å². The molecule has 0 atom stereocenters. The van der Waals surface area contributed by atoms with Gasteiger partial charge in [0.05, 0.1) is 11.0 Å². The highest BCUT2D eigenvalue weighted by molar-refractivity contribution is 6.28. The van der Waals surface area contributed by atoms with E-state index in [4.69, 9.17) is 10.4 Å². The Morgan fingerprint density at radius 2 is 0.980 bits per heavy atom. The number of aliphatic imine (C=N–C) groups is 2. The van der Waals surface area contributed by atoms with Crippen molar-refractivity contribution in [1.82, 2.24) is 4.57 Å². The quantitative estimate of drug-likeness (QED) is 0.142. The lowest BCUT2D eigenvalue weighted by atomic mass is 10.00. The van der Waals surface area contributed by atoms with Gasteiger partial charge < -0.3 is 4.57 Å². The van der Waals surface area contributed by atoms with Crippen molar-refractivity contribution in [1.29, 1.82) is 5.41 Å². The summed E-state index contributed by atoms with van der Waals surface area (Å²) < 4.78 is 2.39. The van der Waals surface area contributed by atoms with Gasteiger partial charge in [0.2, 0.25) is 0 Å². The van der Waals surface area contributed by atoms with Crippen LogP contribution in [-0.2, 0) is 0 Å². The monoisotopic (exact) mass is 652 g/mol. The Labute approximate surface area is 295 Å². The van der Waals surface area contributed by atoms with E-state index in [0.29, 0.717) is 5.84 Å². The van der Waals surface area contributed by atoms with E-state index in [0.717, 1.165) is 33.5 Å². The van der Waals surface area contributed by atoms with Crippen LogP contribution in [0.3, 0.4) is 0 Å². The molecule has 0 unspecified atom stereocenters. The molecule has 0 amide bonds. The van der Waals surface area contributed by atoms with E-state index in [1.165, 1.54) is 43.4 Å². The maximum atomic E-state index is 8.67. The Balaban J connectivity index is 1.09. The van der Waals surface area contributed by atoms with Crippen LogP contribution in [-0.4, -0.2) is 22.5 Å². The highest BCUT2D eigenvalue weighted by Crippen LogP contribution is 2.40. The number of benzene rings is 8. The standard InChI is InChI=1S/C47H32N4/c48-46(37-15-5-2-6-16-37)50-47(49-31-32-11-3-1-4-12-32)38-21-19-33(20-22-38)34-23-27-39(28-24-34)51-42-29-25-35-13-7-9-17-40(35)44(42)45-41-18-10-8-14-36(41)26-30-43(45)51/h1-31,48H/b48-46?,49-31+,50-47-. The predicted molar refractivity (Wildman–Crippen MR) is 215 cm³/mol. The minimum Gasteiger partial charge on any atom is -0.309 e. The fourth-order valence-corrected chi connectivity index (χ4v) is 7.05. The molecule has 240 valence electrons. The summed E-state index contributed by atoms with van der Waals surface area (Å²) in [4.78, 5) is 9.40. The summed E-state index contributed by atoms with van der Waals surface area (Å²) in [5.74, 6) is 0.655. The SMILES string of the molecule is N=C(/N=C(\N=C\c1ccccc1)c1ccc(-c2ccc(-n3c4ccc5ccccc5c4c4c5ccccc5ccc43)cc2)cc1)c1ccccc1. The first-order valence-electron chi connectivity index (χ1n) is 17.1. The lowest BCUT2D eigenvalue weighted by molar-refractivity contribution is 1.18. The van der Waals surface area contributed by atoms with Gasteiger partial charge in [0.1, 0.15) is 0 Å². The second-order valence-electron chi connectivity index (χ2n) is 12.6. The molecule has 0 bridgehead atoms. The third-order valence-corrected chi connectivity index (χ3v) is 9.55. The highest BCUT2D eigenvalue weighted by atomic mass is 15.0. The largest absolute Gasteiger partial charge is 0.309 e. The van der Waals surface area contributed by atoms with Gasteiger partial charge in [-0.15, -0.1) is 0 Å². The number of hydrogen-bond acceptors (Lipinski definition) is 1. The molecule has 0 radical (unpaired) electrons. The van der Waals surface area contributed by atoms with E-state index in [2.05, 4.69) is 119 Å². The number of nitrogens with one attached hydrogen (secondary N) is 1. The predicted octanol–water partition coefficient (Wildman–Crippen LogP) is 11.6. The normalized spacial score (nSPS) is 12.0. The summed E-state index contributed by atoms with van der Waals surface area (Å²) in [7, 11) is 0. The molecule has 0 aliphatic heterocycles. The van der Waals surface area contributed by atoms with Gasteiger partial charge in [-0.05, 0) is 62.5 Å². The number of aromatic nitrogens is 1. The number of fused-ring (bicyclic) bond motifs is 7. The molecule has 9 rings (SSSR count). The first-order valence-corrected chi connectivity index (χ1v) is 17.1. The van der Waals surface area contributed by atoms with Gasteiger partial charge in [-0.1, -0.05) is 158 Å². The zero-order chi connectivity index (χ0) is 34.1. The zero-order valence-electron chi connectivity index (χ0n) is 27.7. The number of rotatable bonds is 5. The lowest BCUT2D eigenvalue weighted by Crippen LogP contribution is -2.04. The van der Waals surface area contributed by atoms with Crippen molar-refractivity contribution >= 4 is 61.2 Å². The summed E-state index contributed by atoms with van der Waals surface area (Å²) in [6, 6.07) is 62.9. The Hall–Kier alpha value is -6.91. The maximum Gasteiger partial charge on any atom is 0.161 e. The van der Waals surface area contributed by atoms with Crippen LogP contribution in [0.4, 0.5) is 0 Å². The first-order chi connectivity index (χ1) is 25.2. The third-order valence-electron chi connectivity index (χ3n) is 9.55. The molecule has 9 aromatic rings. The molecule has 0 aliphatic rings. The van der Waals surface area contributed by atoms with Crippen LogP contribution < -0.4 is 0 Å². The Morgan fingerprint density at radius 3 is 1.57 bits per heavy atom. The van der Waals surface area contributed by atoms with Gasteiger partial charge in [0, 0.05) is 33.8 Å². The summed E-state index contributed by atoms with van der Waals surface area (Å²) in [5.41, 5.74) is 8.27. The van der Waals surface area contributed by atoms with Gasteiger partial charge in [0.15, 0.2) is 11.7 Å². The molecule has 0 fully saturated rings. The van der Waals surface area contributed by atoms with E-state index >= 15 is 0 Å². The van der Waals surface area contributed by atoms with Gasteiger partial charge in [-0.25, -0.2) is 9.98 Å². The molecule has 0 saturated heterocycles. The molecule has 8 aromatic carbocycles. The second-order valence-corrected chi connectivity index (χ2v) is 12.6. The number of amidine groups is 2. The average Bonchev–Trinajstić information content (AvgIpc) is 3.56. The van der Waals surface area contributed by atoms with Crippen LogP contribution in [0, 0.1) is 5.41 Å². The van der Waals surface area contributed by atoms with Gasteiger partial charge >= 0.3 is 0 Å². The van der Waals surface area contributed by atoms with Gasteiger partial charge in [-0.3, -0.25) is 5.41 Å². The smallest absolute Gasteiger partial charge is 0.161 e. The molecule has 4 heteroatoms. The Kier molecular flexibility index (Phi) is 7.60. The Bertz CT molecular complexity index is 2680. The van der Waals surface area contributed by atoms with Crippen molar-refractivity contribution in [2.45, 2.75) is 0 Å². The van der Waals surface area contributed by atoms with Crippen LogP contribution >= 0.6 is 0 Å². The van der Waals surface area contributed by atoms with Crippen molar-refractivity contribution in [2.75, 3.05) is 0 Å². The van der Waals surface area contributed by atoms with Gasteiger partial charge in [-0.2, -0.15) is 0 Å². The van der Waals surface area contributed by atoms with Crippen molar-refractivity contribution in [3.63, 3.8) is 0 Å². The van der Waals surface area contributed by atoms with Crippen LogP contribution in [0.25, 0.3) is 60.2 Å². The molecule has 4 nitrogen and oxygen atoms in total. The highest BCUT2D eigenvalue weighted by Gasteiger charge is 2.17. The summed E-state index contributed by atoms with van der Waals surface area (Å²) in [6.07, 6.45) is 1.80. The van der Waals surface area contributed by atoms with Gasteiger partial charge in [0.25, 0.3) is 0 Å². The minimum absolute atomic E-state index is 0.168. The fourth-order valence-electron chi connectivity index (χ4n) is 7.05. The van der Waals surface area contributed by atoms with Crippen LogP contribution in [0.2, 0.25) is 0 Å². The molecular formula is C47H32N4. The number of hydrogen-bond donors (Lipinski definition) is 1. The summed E-state index contributed by atoms with van der Waals surface area (Å²) in [5, 5.41) is 16.2. The summed E-state index contributed by atoms with van der Waals surface area (Å²) >= 11 is 0. The third kappa shape index (κ3) is 5.59.